The Morgan fingerprint density at radius 1 is 1.60 bits per heavy atom. The normalized spacial score (nSPS) is 27.0. The van der Waals surface area contributed by atoms with Crippen LogP contribution in [-0.2, 0) is 0 Å². The van der Waals surface area contributed by atoms with E-state index < -0.39 is 0 Å². The van der Waals surface area contributed by atoms with Crippen molar-refractivity contribution in [3.05, 3.63) is 10.9 Å². The standard InChI is InChI=1S/C3H2BCl/c5-4-2-1-3(2)4/h1H2. The number of hydrogen-bond acceptors (Lipinski definition) is 0. The molecule has 0 nitrogen and oxygen atoms in total. The SMILES string of the molecule is ClB1C2=C1C2. The van der Waals surface area contributed by atoms with E-state index in [1.807, 2.05) is 0 Å². The molecule has 0 atom stereocenters. The van der Waals surface area contributed by atoms with Gasteiger partial charge in [0.05, 0.1) is 0 Å². The molecular weight excluding hydrogens is 82.3 g/mol. The summed E-state index contributed by atoms with van der Waals surface area (Å²) in [6.07, 6.45) is 1.73. The van der Waals surface area contributed by atoms with Crippen LogP contribution in [0.4, 0.5) is 0 Å². The van der Waals surface area contributed by atoms with Crippen molar-refractivity contribution in [2.75, 3.05) is 0 Å². The fourth-order valence-corrected chi connectivity index (χ4v) is 0.864. The fraction of sp³-hybridized carbons (Fsp3) is 0.333. The van der Waals surface area contributed by atoms with E-state index in [9.17, 15) is 0 Å². The summed E-state index contributed by atoms with van der Waals surface area (Å²) in [6.45, 7) is 0. The minimum atomic E-state index is 0.454. The summed E-state index contributed by atoms with van der Waals surface area (Å²) in [6, 6.07) is 0. The third-order valence-corrected chi connectivity index (χ3v) is 1.72. The van der Waals surface area contributed by atoms with Crippen LogP contribution < -0.4 is 0 Å². The number of halogens is 1. The zero-order valence-corrected chi connectivity index (χ0v) is 3.42. The highest BCUT2D eigenvalue weighted by Gasteiger charge is 2.51. The van der Waals surface area contributed by atoms with Crippen LogP contribution in [0.2, 0.25) is 0 Å². The maximum atomic E-state index is 5.51. The Balaban J connectivity index is 2.32. The Morgan fingerprint density at radius 3 is 2.00 bits per heavy atom. The first-order chi connectivity index (χ1) is 2.39. The minimum Gasteiger partial charge on any atom is -0.183 e. The highest BCUT2D eigenvalue weighted by molar-refractivity contribution is 7.24. The topological polar surface area (TPSA) is 0 Å². The lowest BCUT2D eigenvalue weighted by Crippen LogP contribution is -1.89. The van der Waals surface area contributed by atoms with Crippen LogP contribution in [0.3, 0.4) is 0 Å². The molecule has 2 rings (SSSR count). The Labute approximate surface area is 35.8 Å². The molecule has 0 amide bonds. The van der Waals surface area contributed by atoms with Crippen LogP contribution in [0.15, 0.2) is 10.9 Å². The van der Waals surface area contributed by atoms with E-state index in [1.165, 1.54) is 17.4 Å². The Morgan fingerprint density at radius 2 is 2.00 bits per heavy atom. The summed E-state index contributed by atoms with van der Waals surface area (Å²) in [5.74, 6) is 0. The van der Waals surface area contributed by atoms with Crippen molar-refractivity contribution in [1.82, 2.24) is 0 Å². The first-order valence-corrected chi connectivity index (χ1v) is 2.19. The fourth-order valence-electron chi connectivity index (χ4n) is 0.492. The van der Waals surface area contributed by atoms with Gasteiger partial charge in [0.25, 0.3) is 0 Å². The molecule has 0 spiro atoms. The highest BCUT2D eigenvalue weighted by Crippen LogP contribution is 2.54. The average Bonchev–Trinajstić information content (AvgIpc) is 2.11. The van der Waals surface area contributed by atoms with Crippen LogP contribution in [0.5, 0.6) is 0 Å². The van der Waals surface area contributed by atoms with Crippen LogP contribution in [0, 0.1) is 0 Å². The van der Waals surface area contributed by atoms with Crippen molar-refractivity contribution in [2.45, 2.75) is 6.42 Å². The van der Waals surface area contributed by atoms with E-state index in [-0.39, 0.29) is 0 Å². The van der Waals surface area contributed by atoms with Crippen molar-refractivity contribution < 1.29 is 0 Å². The van der Waals surface area contributed by atoms with Gasteiger partial charge in [0.15, 0.2) is 0 Å². The number of allylic oxidation sites excluding steroid dienone is 2. The Hall–Kier alpha value is 0.0949. The molecule has 0 aromatic carbocycles. The van der Waals surface area contributed by atoms with Gasteiger partial charge in [-0.2, -0.15) is 11.5 Å². The molecule has 0 N–H and O–H groups in total. The lowest BCUT2D eigenvalue weighted by molar-refractivity contribution is 1.57. The Kier molecular flexibility index (Phi) is 0.177. The molecule has 0 radical (unpaired) electrons. The van der Waals surface area contributed by atoms with Gasteiger partial charge in [0, 0.05) is 0 Å². The van der Waals surface area contributed by atoms with Gasteiger partial charge in [-0.25, -0.2) is 0 Å². The molecule has 5 heavy (non-hydrogen) atoms. The molecule has 0 saturated heterocycles. The predicted molar refractivity (Wildman–Crippen MR) is 23.2 cm³/mol. The molecular formula is C3H2BCl. The van der Waals surface area contributed by atoms with Crippen LogP contribution >= 0.6 is 11.5 Å². The van der Waals surface area contributed by atoms with E-state index in [2.05, 4.69) is 0 Å². The lowest BCUT2D eigenvalue weighted by atomic mass is 9.79. The van der Waals surface area contributed by atoms with Gasteiger partial charge < -0.3 is 0 Å². The second-order valence-electron chi connectivity index (χ2n) is 1.59. The van der Waals surface area contributed by atoms with Crippen molar-refractivity contribution in [3.63, 3.8) is 0 Å². The van der Waals surface area contributed by atoms with E-state index in [4.69, 9.17) is 11.5 Å². The first kappa shape index (κ1) is 2.30. The van der Waals surface area contributed by atoms with Crippen molar-refractivity contribution >= 4 is 17.6 Å². The van der Waals surface area contributed by atoms with Gasteiger partial charge in [-0.1, -0.05) is 10.9 Å². The molecule has 24 valence electrons. The first-order valence-electron chi connectivity index (χ1n) is 1.75. The van der Waals surface area contributed by atoms with Gasteiger partial charge in [-0.05, 0) is 6.42 Å². The highest BCUT2D eigenvalue weighted by atomic mass is 35.5. The minimum absolute atomic E-state index is 0.454. The largest absolute Gasteiger partial charge is 0.306 e. The van der Waals surface area contributed by atoms with Crippen LogP contribution in [-0.4, -0.2) is 6.13 Å². The molecule has 0 bridgehead atoms. The number of hydrogen-bond donors (Lipinski definition) is 0. The molecule has 0 saturated carbocycles. The lowest BCUT2D eigenvalue weighted by Gasteiger charge is -1.82. The van der Waals surface area contributed by atoms with Gasteiger partial charge >= 0.3 is 6.13 Å². The third kappa shape index (κ3) is 0.123. The molecule has 0 fully saturated rings. The van der Waals surface area contributed by atoms with Gasteiger partial charge in [0.1, 0.15) is 0 Å². The van der Waals surface area contributed by atoms with E-state index in [1.54, 1.807) is 0 Å². The molecule has 1 heterocycles. The summed E-state index contributed by atoms with van der Waals surface area (Å²) in [5, 5.41) is 0. The molecule has 1 aliphatic carbocycles. The zero-order valence-electron chi connectivity index (χ0n) is 2.66. The van der Waals surface area contributed by atoms with E-state index in [0.29, 0.717) is 6.13 Å². The van der Waals surface area contributed by atoms with E-state index in [0.717, 1.165) is 0 Å². The quantitative estimate of drug-likeness (QED) is 0.384. The van der Waals surface area contributed by atoms with Gasteiger partial charge in [-0.15, -0.1) is 0 Å². The smallest absolute Gasteiger partial charge is 0.183 e. The zero-order chi connectivity index (χ0) is 3.44. The second kappa shape index (κ2) is 0.385. The van der Waals surface area contributed by atoms with Crippen molar-refractivity contribution in [2.24, 2.45) is 0 Å². The average molecular weight is 84.3 g/mol. The summed E-state index contributed by atoms with van der Waals surface area (Å²) in [7, 11) is 0. The summed E-state index contributed by atoms with van der Waals surface area (Å²) in [4.78, 5) is 0. The van der Waals surface area contributed by atoms with Crippen LogP contribution in [0.25, 0.3) is 0 Å². The maximum absolute atomic E-state index is 5.51. The third-order valence-electron chi connectivity index (χ3n) is 1.20. The maximum Gasteiger partial charge on any atom is 0.306 e. The summed E-state index contributed by atoms with van der Waals surface area (Å²) in [5.41, 5.74) is 3.04. The van der Waals surface area contributed by atoms with Crippen molar-refractivity contribution in [3.8, 4) is 0 Å². The van der Waals surface area contributed by atoms with Gasteiger partial charge in [0.2, 0.25) is 0 Å². The monoisotopic (exact) mass is 84.0 g/mol. The second-order valence-corrected chi connectivity index (χ2v) is 2.03. The number of rotatable bonds is 0. The molecule has 1 aliphatic heterocycles. The van der Waals surface area contributed by atoms with Gasteiger partial charge in [-0.3, -0.25) is 0 Å². The summed E-state index contributed by atoms with van der Waals surface area (Å²) >= 11 is 5.51. The van der Waals surface area contributed by atoms with E-state index >= 15 is 0 Å². The molecule has 2 heteroatoms. The molecule has 0 aromatic heterocycles. The molecule has 0 aromatic rings. The Bertz CT molecular complexity index is 104. The van der Waals surface area contributed by atoms with Crippen molar-refractivity contribution in [1.29, 1.82) is 0 Å². The molecule has 0 unspecified atom stereocenters. The summed E-state index contributed by atoms with van der Waals surface area (Å²) < 4.78 is 0. The predicted octanol–water partition coefficient (Wildman–Crippen LogP) is 1.01. The molecule has 2 aliphatic rings. The van der Waals surface area contributed by atoms with Crippen LogP contribution in [0.1, 0.15) is 6.42 Å².